The van der Waals surface area contributed by atoms with E-state index in [1.807, 2.05) is 6.07 Å². The monoisotopic (exact) mass is 270 g/mol. The predicted molar refractivity (Wildman–Crippen MR) is 73.2 cm³/mol. The smallest absolute Gasteiger partial charge is 0.142 e. The van der Waals surface area contributed by atoms with Crippen molar-refractivity contribution in [3.8, 4) is 0 Å². The van der Waals surface area contributed by atoms with Crippen LogP contribution in [0.15, 0.2) is 18.2 Å². The summed E-state index contributed by atoms with van der Waals surface area (Å²) in [6.45, 7) is 5.99. The first-order chi connectivity index (χ1) is 8.54. The lowest BCUT2D eigenvalue weighted by molar-refractivity contribution is 0.184. The summed E-state index contributed by atoms with van der Waals surface area (Å²) in [5.74, 6) is 0.0496. The molecular formula is C14H20ClFN2. The lowest BCUT2D eigenvalue weighted by Crippen LogP contribution is -2.33. The summed E-state index contributed by atoms with van der Waals surface area (Å²) < 4.78 is 13.6. The van der Waals surface area contributed by atoms with Gasteiger partial charge in [0.15, 0.2) is 0 Å². The Morgan fingerprint density at radius 3 is 2.78 bits per heavy atom. The van der Waals surface area contributed by atoms with E-state index >= 15 is 0 Å². The van der Waals surface area contributed by atoms with E-state index in [-0.39, 0.29) is 16.9 Å². The van der Waals surface area contributed by atoms with Gasteiger partial charge in [0.25, 0.3) is 0 Å². The van der Waals surface area contributed by atoms with Gasteiger partial charge in [0, 0.05) is 12.1 Å². The molecule has 0 aliphatic carbocycles. The lowest BCUT2D eigenvalue weighted by Gasteiger charge is -2.31. The summed E-state index contributed by atoms with van der Waals surface area (Å²) in [6.07, 6.45) is 1.07. The second-order valence-corrected chi connectivity index (χ2v) is 5.64. The second-order valence-electron chi connectivity index (χ2n) is 5.23. The van der Waals surface area contributed by atoms with Crippen molar-refractivity contribution in [1.29, 1.82) is 0 Å². The van der Waals surface area contributed by atoms with Crippen LogP contribution in [0.5, 0.6) is 0 Å². The Morgan fingerprint density at radius 1 is 1.50 bits per heavy atom. The Balaban J connectivity index is 2.34. The number of likely N-dealkylation sites (tertiary alicyclic amines) is 1. The van der Waals surface area contributed by atoms with Crippen LogP contribution in [0, 0.1) is 11.7 Å². The van der Waals surface area contributed by atoms with Crippen LogP contribution >= 0.6 is 11.6 Å². The zero-order chi connectivity index (χ0) is 13.3. The van der Waals surface area contributed by atoms with Crippen molar-refractivity contribution in [3.05, 3.63) is 34.6 Å². The van der Waals surface area contributed by atoms with Gasteiger partial charge in [-0.25, -0.2) is 4.39 Å². The lowest BCUT2D eigenvalue weighted by atomic mass is 9.93. The van der Waals surface area contributed by atoms with Crippen molar-refractivity contribution in [1.82, 2.24) is 4.90 Å². The molecule has 0 aromatic heterocycles. The third-order valence-corrected chi connectivity index (χ3v) is 4.12. The number of nitrogens with zero attached hydrogens (tertiary/aromatic N) is 1. The average Bonchev–Trinajstić information content (AvgIpc) is 2.76. The maximum atomic E-state index is 13.6. The molecule has 1 aromatic rings. The fourth-order valence-electron chi connectivity index (χ4n) is 2.87. The van der Waals surface area contributed by atoms with Crippen LogP contribution in [0.4, 0.5) is 4.39 Å². The molecule has 18 heavy (non-hydrogen) atoms. The number of hydrogen-bond acceptors (Lipinski definition) is 2. The maximum Gasteiger partial charge on any atom is 0.142 e. The van der Waals surface area contributed by atoms with Crippen molar-refractivity contribution >= 4 is 11.6 Å². The normalized spacial score (nSPS) is 25.0. The van der Waals surface area contributed by atoms with E-state index in [9.17, 15) is 4.39 Å². The standard InChI is InChI=1S/C14H20ClFN2/c1-9(2)18-6-5-11(8-17)14(18)10-3-4-12(15)13(16)7-10/h3-4,7,9,11,14H,5-6,8,17H2,1-2H3. The molecule has 0 bridgehead atoms. The van der Waals surface area contributed by atoms with Crippen molar-refractivity contribution < 1.29 is 4.39 Å². The fraction of sp³-hybridized carbons (Fsp3) is 0.571. The number of hydrogen-bond donors (Lipinski definition) is 1. The molecule has 2 atom stereocenters. The van der Waals surface area contributed by atoms with Gasteiger partial charge in [-0.05, 0) is 57.0 Å². The third kappa shape index (κ3) is 2.53. The number of rotatable bonds is 3. The molecule has 2 rings (SSSR count). The quantitative estimate of drug-likeness (QED) is 0.914. The first-order valence-electron chi connectivity index (χ1n) is 6.45. The highest BCUT2D eigenvalue weighted by Gasteiger charge is 2.35. The van der Waals surface area contributed by atoms with Gasteiger partial charge in [0.1, 0.15) is 5.82 Å². The summed E-state index contributed by atoms with van der Waals surface area (Å²) >= 11 is 5.74. The van der Waals surface area contributed by atoms with E-state index in [4.69, 9.17) is 17.3 Å². The Morgan fingerprint density at radius 2 is 2.22 bits per heavy atom. The largest absolute Gasteiger partial charge is 0.330 e. The molecule has 1 aromatic carbocycles. The summed E-state index contributed by atoms with van der Waals surface area (Å²) in [7, 11) is 0. The molecule has 0 amide bonds. The molecule has 2 unspecified atom stereocenters. The van der Waals surface area contributed by atoms with E-state index in [2.05, 4.69) is 18.7 Å². The molecule has 1 saturated heterocycles. The molecular weight excluding hydrogens is 251 g/mol. The topological polar surface area (TPSA) is 29.3 Å². The van der Waals surface area contributed by atoms with E-state index in [0.29, 0.717) is 18.5 Å². The average molecular weight is 271 g/mol. The van der Waals surface area contributed by atoms with Crippen LogP contribution in [-0.4, -0.2) is 24.0 Å². The molecule has 4 heteroatoms. The molecule has 0 saturated carbocycles. The Hall–Kier alpha value is -0.640. The number of nitrogens with two attached hydrogens (primary N) is 1. The first kappa shape index (κ1) is 13.8. The van der Waals surface area contributed by atoms with E-state index in [1.165, 1.54) is 0 Å². The van der Waals surface area contributed by atoms with Crippen LogP contribution < -0.4 is 5.73 Å². The van der Waals surface area contributed by atoms with Gasteiger partial charge in [0.05, 0.1) is 5.02 Å². The summed E-state index contributed by atoms with van der Waals surface area (Å²) in [5.41, 5.74) is 6.83. The molecule has 2 nitrogen and oxygen atoms in total. The van der Waals surface area contributed by atoms with Crippen LogP contribution in [0.2, 0.25) is 5.02 Å². The first-order valence-corrected chi connectivity index (χ1v) is 6.83. The molecule has 2 N–H and O–H groups in total. The van der Waals surface area contributed by atoms with Crippen LogP contribution in [0.1, 0.15) is 31.9 Å². The van der Waals surface area contributed by atoms with Gasteiger partial charge in [-0.2, -0.15) is 0 Å². The predicted octanol–water partition coefficient (Wildman–Crippen LogP) is 3.21. The van der Waals surface area contributed by atoms with E-state index < -0.39 is 0 Å². The Labute approximate surface area is 113 Å². The number of halogens is 2. The number of benzene rings is 1. The van der Waals surface area contributed by atoms with Crippen molar-refractivity contribution in [2.24, 2.45) is 11.7 Å². The van der Waals surface area contributed by atoms with Gasteiger partial charge >= 0.3 is 0 Å². The summed E-state index contributed by atoms with van der Waals surface area (Å²) in [5, 5.41) is 0.178. The van der Waals surface area contributed by atoms with Crippen molar-refractivity contribution in [2.75, 3.05) is 13.1 Å². The van der Waals surface area contributed by atoms with Gasteiger partial charge in [-0.15, -0.1) is 0 Å². The molecule has 1 aliphatic heterocycles. The van der Waals surface area contributed by atoms with Crippen molar-refractivity contribution in [2.45, 2.75) is 32.4 Å². The molecule has 1 aliphatic rings. The Kier molecular flexibility index (Phi) is 4.25. The van der Waals surface area contributed by atoms with Gasteiger partial charge in [-0.1, -0.05) is 17.7 Å². The minimum atomic E-state index is -0.347. The van der Waals surface area contributed by atoms with Gasteiger partial charge < -0.3 is 5.73 Å². The van der Waals surface area contributed by atoms with Crippen LogP contribution in [0.3, 0.4) is 0 Å². The van der Waals surface area contributed by atoms with Crippen molar-refractivity contribution in [3.63, 3.8) is 0 Å². The highest BCUT2D eigenvalue weighted by atomic mass is 35.5. The Bertz CT molecular complexity index is 422. The summed E-state index contributed by atoms with van der Waals surface area (Å²) in [4.78, 5) is 2.39. The van der Waals surface area contributed by atoms with E-state index in [0.717, 1.165) is 18.5 Å². The maximum absolute atomic E-state index is 13.6. The van der Waals surface area contributed by atoms with Crippen LogP contribution in [0.25, 0.3) is 0 Å². The van der Waals surface area contributed by atoms with Gasteiger partial charge in [0.2, 0.25) is 0 Å². The second kappa shape index (κ2) is 5.55. The molecule has 100 valence electrons. The van der Waals surface area contributed by atoms with Crippen LogP contribution in [-0.2, 0) is 0 Å². The highest BCUT2D eigenvalue weighted by Crippen LogP contribution is 2.38. The zero-order valence-corrected chi connectivity index (χ0v) is 11.6. The summed E-state index contributed by atoms with van der Waals surface area (Å²) in [6, 6.07) is 5.75. The molecule has 1 heterocycles. The molecule has 0 radical (unpaired) electrons. The minimum absolute atomic E-state index is 0.178. The fourth-order valence-corrected chi connectivity index (χ4v) is 2.99. The van der Waals surface area contributed by atoms with E-state index in [1.54, 1.807) is 12.1 Å². The highest BCUT2D eigenvalue weighted by molar-refractivity contribution is 6.30. The molecule has 1 fully saturated rings. The SMILES string of the molecule is CC(C)N1CCC(CN)C1c1ccc(Cl)c(F)c1. The van der Waals surface area contributed by atoms with Gasteiger partial charge in [-0.3, -0.25) is 4.90 Å². The zero-order valence-electron chi connectivity index (χ0n) is 10.9. The molecule has 0 spiro atoms. The minimum Gasteiger partial charge on any atom is -0.330 e. The third-order valence-electron chi connectivity index (χ3n) is 3.81.